The molecule has 1 aromatic carbocycles. The molecule has 1 aromatic heterocycles. The highest BCUT2D eigenvalue weighted by atomic mass is 32.2. The van der Waals surface area contributed by atoms with Crippen molar-refractivity contribution in [2.24, 2.45) is 0 Å². The molecule has 1 atom stereocenters. The first kappa shape index (κ1) is 17.5. The van der Waals surface area contributed by atoms with Gasteiger partial charge in [0, 0.05) is 24.3 Å². The maximum Gasteiger partial charge on any atom is 0.226 e. The fourth-order valence-corrected chi connectivity index (χ4v) is 4.33. The van der Waals surface area contributed by atoms with Crippen molar-refractivity contribution in [1.29, 1.82) is 0 Å². The number of carbonyl (C=O) groups is 1. The first-order chi connectivity index (χ1) is 11.7. The second kappa shape index (κ2) is 8.65. The lowest BCUT2D eigenvalue weighted by Gasteiger charge is -2.09. The number of rotatable bonds is 7. The van der Waals surface area contributed by atoms with Crippen LogP contribution >= 0.6 is 23.1 Å². The number of thioether (sulfide) groups is 1. The number of carbonyl (C=O) groups excluding carboxylic acids is 1. The Balaban J connectivity index is 1.42. The number of hydrogen-bond donors (Lipinski definition) is 1. The maximum atomic E-state index is 12.0. The molecular formula is C18H22N2O2S2. The Hall–Kier alpha value is -1.37. The molecule has 0 bridgehead atoms. The van der Waals surface area contributed by atoms with E-state index in [1.165, 1.54) is 11.1 Å². The van der Waals surface area contributed by atoms with Crippen LogP contribution in [0.1, 0.15) is 29.7 Å². The highest BCUT2D eigenvalue weighted by Crippen LogP contribution is 2.26. The fourth-order valence-electron chi connectivity index (χ4n) is 2.53. The minimum atomic E-state index is 0.0193. The molecule has 0 saturated carbocycles. The molecule has 1 fully saturated rings. The SMILES string of the molecule is Cc1ccc(CSc2nc(CC(=O)NCC3CCCO3)cs2)cc1. The summed E-state index contributed by atoms with van der Waals surface area (Å²) in [5.74, 6) is 0.921. The second-order valence-electron chi connectivity index (χ2n) is 5.99. The molecular weight excluding hydrogens is 340 g/mol. The molecule has 4 nitrogen and oxygen atoms in total. The lowest BCUT2D eigenvalue weighted by Crippen LogP contribution is -2.32. The zero-order chi connectivity index (χ0) is 16.8. The van der Waals surface area contributed by atoms with Crippen LogP contribution in [0.4, 0.5) is 0 Å². The minimum Gasteiger partial charge on any atom is -0.376 e. The van der Waals surface area contributed by atoms with Gasteiger partial charge in [0.05, 0.1) is 18.2 Å². The Labute approximate surface area is 151 Å². The van der Waals surface area contributed by atoms with Crippen molar-refractivity contribution >= 4 is 29.0 Å². The molecule has 0 aliphatic carbocycles. The number of nitrogens with one attached hydrogen (secondary N) is 1. The van der Waals surface area contributed by atoms with Gasteiger partial charge in [-0.25, -0.2) is 4.98 Å². The molecule has 128 valence electrons. The average Bonchev–Trinajstić information content (AvgIpc) is 3.24. The lowest BCUT2D eigenvalue weighted by molar-refractivity contribution is -0.121. The zero-order valence-corrected chi connectivity index (χ0v) is 15.4. The second-order valence-corrected chi connectivity index (χ2v) is 8.08. The first-order valence-electron chi connectivity index (χ1n) is 8.20. The van der Waals surface area contributed by atoms with Crippen LogP contribution in [-0.4, -0.2) is 30.1 Å². The summed E-state index contributed by atoms with van der Waals surface area (Å²) in [6.07, 6.45) is 2.66. The van der Waals surface area contributed by atoms with Crippen LogP contribution in [0.5, 0.6) is 0 Å². The molecule has 1 aliphatic heterocycles. The third kappa shape index (κ3) is 5.33. The van der Waals surface area contributed by atoms with Gasteiger partial charge in [0.15, 0.2) is 0 Å². The summed E-state index contributed by atoms with van der Waals surface area (Å²) in [5.41, 5.74) is 3.40. The Morgan fingerprint density at radius 3 is 3.00 bits per heavy atom. The van der Waals surface area contributed by atoms with E-state index in [2.05, 4.69) is 41.5 Å². The zero-order valence-electron chi connectivity index (χ0n) is 13.8. The Kier molecular flexibility index (Phi) is 6.29. The molecule has 1 amide bonds. The molecule has 0 spiro atoms. The normalized spacial score (nSPS) is 17.1. The van der Waals surface area contributed by atoms with Gasteiger partial charge in [0.2, 0.25) is 5.91 Å². The highest BCUT2D eigenvalue weighted by molar-refractivity contribution is 8.00. The number of nitrogens with zero attached hydrogens (tertiary/aromatic N) is 1. The van der Waals surface area contributed by atoms with Gasteiger partial charge in [0.1, 0.15) is 4.34 Å². The van der Waals surface area contributed by atoms with Crippen LogP contribution in [-0.2, 0) is 21.7 Å². The van der Waals surface area contributed by atoms with Crippen LogP contribution in [0.15, 0.2) is 34.0 Å². The summed E-state index contributed by atoms with van der Waals surface area (Å²) in [6, 6.07) is 8.55. The van der Waals surface area contributed by atoms with E-state index in [1.54, 1.807) is 23.1 Å². The van der Waals surface area contributed by atoms with E-state index in [1.807, 2.05) is 5.38 Å². The van der Waals surface area contributed by atoms with Gasteiger partial charge in [-0.2, -0.15) is 0 Å². The smallest absolute Gasteiger partial charge is 0.226 e. The monoisotopic (exact) mass is 362 g/mol. The molecule has 1 unspecified atom stereocenters. The van der Waals surface area contributed by atoms with Crippen molar-refractivity contribution in [3.8, 4) is 0 Å². The number of aryl methyl sites for hydroxylation is 1. The van der Waals surface area contributed by atoms with E-state index in [0.717, 1.165) is 35.2 Å². The molecule has 1 N–H and O–H groups in total. The van der Waals surface area contributed by atoms with Crippen molar-refractivity contribution in [2.45, 2.75) is 42.4 Å². The number of hydrogen-bond acceptors (Lipinski definition) is 5. The van der Waals surface area contributed by atoms with Crippen molar-refractivity contribution in [2.75, 3.05) is 13.2 Å². The van der Waals surface area contributed by atoms with Gasteiger partial charge in [0.25, 0.3) is 0 Å². The Morgan fingerprint density at radius 2 is 2.25 bits per heavy atom. The van der Waals surface area contributed by atoms with Crippen LogP contribution in [0, 0.1) is 6.92 Å². The quantitative estimate of drug-likeness (QED) is 0.765. The standard InChI is InChI=1S/C18H22N2O2S2/c1-13-4-6-14(7-5-13)11-23-18-20-15(12-24-18)9-17(21)19-10-16-3-2-8-22-16/h4-7,12,16H,2-3,8-11H2,1H3,(H,19,21). The van der Waals surface area contributed by atoms with E-state index in [4.69, 9.17) is 4.74 Å². The highest BCUT2D eigenvalue weighted by Gasteiger charge is 2.16. The predicted octanol–water partition coefficient (Wildman–Crippen LogP) is 3.58. The largest absolute Gasteiger partial charge is 0.376 e. The van der Waals surface area contributed by atoms with Crippen molar-refractivity contribution in [3.63, 3.8) is 0 Å². The van der Waals surface area contributed by atoms with Crippen molar-refractivity contribution < 1.29 is 9.53 Å². The van der Waals surface area contributed by atoms with Gasteiger partial charge >= 0.3 is 0 Å². The minimum absolute atomic E-state index is 0.0193. The third-order valence-corrected chi connectivity index (χ3v) is 6.05. The molecule has 1 aliphatic rings. The number of ether oxygens (including phenoxy) is 1. The fraction of sp³-hybridized carbons (Fsp3) is 0.444. The van der Waals surface area contributed by atoms with Gasteiger partial charge < -0.3 is 10.1 Å². The summed E-state index contributed by atoms with van der Waals surface area (Å²) in [7, 11) is 0. The maximum absolute atomic E-state index is 12.0. The van der Waals surface area contributed by atoms with Crippen LogP contribution in [0.25, 0.3) is 0 Å². The topological polar surface area (TPSA) is 51.2 Å². The molecule has 2 aromatic rings. The summed E-state index contributed by atoms with van der Waals surface area (Å²) in [4.78, 5) is 16.5. The molecule has 1 saturated heterocycles. The molecule has 2 heterocycles. The molecule has 24 heavy (non-hydrogen) atoms. The van der Waals surface area contributed by atoms with Gasteiger partial charge in [-0.3, -0.25) is 4.79 Å². The van der Waals surface area contributed by atoms with Crippen LogP contribution in [0.3, 0.4) is 0 Å². The summed E-state index contributed by atoms with van der Waals surface area (Å²) in [6.45, 7) is 3.51. The van der Waals surface area contributed by atoms with E-state index >= 15 is 0 Å². The van der Waals surface area contributed by atoms with E-state index in [0.29, 0.717) is 13.0 Å². The van der Waals surface area contributed by atoms with Gasteiger partial charge in [-0.05, 0) is 25.3 Å². The number of aromatic nitrogens is 1. The predicted molar refractivity (Wildman–Crippen MR) is 98.5 cm³/mol. The third-order valence-electron chi connectivity index (χ3n) is 3.91. The molecule has 3 rings (SSSR count). The van der Waals surface area contributed by atoms with E-state index in [9.17, 15) is 4.79 Å². The number of amides is 1. The Morgan fingerprint density at radius 1 is 1.42 bits per heavy atom. The van der Waals surface area contributed by atoms with E-state index < -0.39 is 0 Å². The summed E-state index contributed by atoms with van der Waals surface area (Å²) < 4.78 is 6.52. The van der Waals surface area contributed by atoms with Crippen LogP contribution < -0.4 is 5.32 Å². The summed E-state index contributed by atoms with van der Waals surface area (Å²) >= 11 is 3.32. The van der Waals surface area contributed by atoms with Crippen molar-refractivity contribution in [1.82, 2.24) is 10.3 Å². The average molecular weight is 363 g/mol. The van der Waals surface area contributed by atoms with Gasteiger partial charge in [-0.15, -0.1) is 11.3 Å². The van der Waals surface area contributed by atoms with Gasteiger partial charge in [-0.1, -0.05) is 41.6 Å². The number of benzene rings is 1. The van der Waals surface area contributed by atoms with Crippen molar-refractivity contribution in [3.05, 3.63) is 46.5 Å². The molecule has 0 radical (unpaired) electrons. The first-order valence-corrected chi connectivity index (χ1v) is 10.1. The number of thiazole rings is 1. The van der Waals surface area contributed by atoms with Crippen LogP contribution in [0.2, 0.25) is 0 Å². The summed E-state index contributed by atoms with van der Waals surface area (Å²) in [5, 5.41) is 4.91. The Bertz CT molecular complexity index is 664. The molecule has 6 heteroatoms. The van der Waals surface area contributed by atoms with E-state index in [-0.39, 0.29) is 12.0 Å². The lowest BCUT2D eigenvalue weighted by atomic mass is 10.2.